The zero-order valence-electron chi connectivity index (χ0n) is 8.81. The van der Waals surface area contributed by atoms with Crippen LogP contribution >= 0.6 is 0 Å². The smallest absolute Gasteiger partial charge is 0.277 e. The van der Waals surface area contributed by atoms with Crippen molar-refractivity contribution in [2.24, 2.45) is 0 Å². The van der Waals surface area contributed by atoms with Crippen molar-refractivity contribution < 1.29 is 14.2 Å². The largest absolute Gasteiger partial charge is 0.379 e. The van der Waals surface area contributed by atoms with Crippen LogP contribution in [-0.4, -0.2) is 35.5 Å². The van der Waals surface area contributed by atoms with Crippen LogP contribution in [0.25, 0.3) is 0 Å². The molecule has 0 spiro atoms. The van der Waals surface area contributed by atoms with Gasteiger partial charge < -0.3 is 15.8 Å². The number of nitrogens with two attached hydrogens (primary N) is 1. The Bertz CT molecular complexity index is 359. The lowest BCUT2D eigenvalue weighted by Crippen LogP contribution is -2.27. The molecule has 16 heavy (non-hydrogen) atoms. The number of carbonyl (C=O) groups is 1. The summed E-state index contributed by atoms with van der Waals surface area (Å²) in [6.07, 6.45) is 3.22. The van der Waals surface area contributed by atoms with Crippen LogP contribution in [0.3, 0.4) is 0 Å². The second-order valence-corrected chi connectivity index (χ2v) is 3.68. The van der Waals surface area contributed by atoms with E-state index < -0.39 is 0 Å². The first kappa shape index (κ1) is 10.9. The molecule has 3 N–H and O–H groups in total. The van der Waals surface area contributed by atoms with Gasteiger partial charge in [-0.3, -0.25) is 4.79 Å². The van der Waals surface area contributed by atoms with E-state index in [1.165, 1.54) is 0 Å². The number of ether oxygens (including phenoxy) is 1. The van der Waals surface area contributed by atoms with E-state index in [1.807, 2.05) is 0 Å². The van der Waals surface area contributed by atoms with Gasteiger partial charge in [0.15, 0.2) is 0 Å². The molecule has 0 saturated carbocycles. The van der Waals surface area contributed by atoms with E-state index in [-0.39, 0.29) is 23.5 Å². The fourth-order valence-electron chi connectivity index (χ4n) is 1.66. The zero-order valence-corrected chi connectivity index (χ0v) is 8.81. The number of anilines is 1. The number of aromatic nitrogens is 2. The van der Waals surface area contributed by atoms with Crippen LogP contribution in [0.5, 0.6) is 0 Å². The number of hydrogen-bond donors (Lipinski definition) is 2. The predicted octanol–water partition coefficient (Wildman–Crippen LogP) is -0.0493. The molecule has 2 heterocycles. The van der Waals surface area contributed by atoms with Gasteiger partial charge in [0, 0.05) is 13.2 Å². The van der Waals surface area contributed by atoms with E-state index in [9.17, 15) is 4.79 Å². The third-order valence-electron chi connectivity index (χ3n) is 2.50. The van der Waals surface area contributed by atoms with Gasteiger partial charge in [0.1, 0.15) is 0 Å². The molecule has 1 amide bonds. The lowest BCUT2D eigenvalue weighted by Gasteiger charge is -2.08. The highest BCUT2D eigenvalue weighted by atomic mass is 16.6. The summed E-state index contributed by atoms with van der Waals surface area (Å²) >= 11 is 0. The number of amides is 1. The molecule has 0 radical (unpaired) electrons. The van der Waals surface area contributed by atoms with E-state index in [0.717, 1.165) is 25.9 Å². The fraction of sp³-hybridized carbons (Fsp3) is 0.667. The summed E-state index contributed by atoms with van der Waals surface area (Å²) in [5, 5.41) is 9.43. The summed E-state index contributed by atoms with van der Waals surface area (Å²) < 4.78 is 9.76. The zero-order chi connectivity index (χ0) is 11.4. The molecule has 7 heteroatoms. The van der Waals surface area contributed by atoms with Gasteiger partial charge in [-0.1, -0.05) is 0 Å². The van der Waals surface area contributed by atoms with Crippen LogP contribution in [-0.2, 0) is 4.74 Å². The van der Waals surface area contributed by atoms with Crippen LogP contribution in [0.15, 0.2) is 4.63 Å². The topological polar surface area (TPSA) is 103 Å². The van der Waals surface area contributed by atoms with E-state index in [1.54, 1.807) is 0 Å². The lowest BCUT2D eigenvalue weighted by molar-refractivity contribution is 0.0900. The molecule has 1 aromatic rings. The molecule has 88 valence electrons. The molecule has 0 bridgehead atoms. The summed E-state index contributed by atoms with van der Waals surface area (Å²) in [6, 6.07) is 0. The Morgan fingerprint density at radius 3 is 3.06 bits per heavy atom. The van der Waals surface area contributed by atoms with Crippen LogP contribution in [0.2, 0.25) is 0 Å². The van der Waals surface area contributed by atoms with Gasteiger partial charge in [-0.05, 0) is 29.6 Å². The molecule has 0 aromatic carbocycles. The molecular weight excluding hydrogens is 212 g/mol. The Morgan fingerprint density at radius 2 is 2.44 bits per heavy atom. The molecular formula is C9H14N4O3. The second-order valence-electron chi connectivity index (χ2n) is 3.68. The van der Waals surface area contributed by atoms with Gasteiger partial charge in [-0.25, -0.2) is 4.63 Å². The maximum atomic E-state index is 11.5. The monoisotopic (exact) mass is 226 g/mol. The van der Waals surface area contributed by atoms with E-state index in [4.69, 9.17) is 10.5 Å². The van der Waals surface area contributed by atoms with Gasteiger partial charge in [-0.2, -0.15) is 0 Å². The Hall–Kier alpha value is -1.63. The molecule has 1 unspecified atom stereocenters. The lowest BCUT2D eigenvalue weighted by atomic mass is 10.2. The summed E-state index contributed by atoms with van der Waals surface area (Å²) in [4.78, 5) is 11.5. The molecule has 1 aromatic heterocycles. The summed E-state index contributed by atoms with van der Waals surface area (Å²) in [5.74, 6) is -0.355. The Kier molecular flexibility index (Phi) is 3.35. The third-order valence-corrected chi connectivity index (χ3v) is 2.50. The maximum Gasteiger partial charge on any atom is 0.277 e. The first-order valence-electron chi connectivity index (χ1n) is 5.25. The van der Waals surface area contributed by atoms with Gasteiger partial charge in [0.2, 0.25) is 11.5 Å². The van der Waals surface area contributed by atoms with E-state index >= 15 is 0 Å². The highest BCUT2D eigenvalue weighted by Gasteiger charge is 2.18. The van der Waals surface area contributed by atoms with E-state index in [2.05, 4.69) is 20.3 Å². The molecule has 1 saturated heterocycles. The average Bonchev–Trinajstić information content (AvgIpc) is 2.88. The molecule has 1 aliphatic heterocycles. The Balaban J connectivity index is 1.73. The second kappa shape index (κ2) is 4.93. The van der Waals surface area contributed by atoms with Crippen LogP contribution in [0.1, 0.15) is 29.8 Å². The minimum Gasteiger partial charge on any atom is -0.379 e. The SMILES string of the molecule is Nc1nonc1C(=O)NCCC1CCCO1. The quantitative estimate of drug-likeness (QED) is 0.746. The number of carbonyl (C=O) groups excluding carboxylic acids is 1. The van der Waals surface area contributed by atoms with Crippen molar-refractivity contribution in [3.8, 4) is 0 Å². The van der Waals surface area contributed by atoms with E-state index in [0.29, 0.717) is 6.54 Å². The van der Waals surface area contributed by atoms with Crippen LogP contribution in [0.4, 0.5) is 5.82 Å². The molecule has 7 nitrogen and oxygen atoms in total. The van der Waals surface area contributed by atoms with Crippen molar-refractivity contribution in [3.63, 3.8) is 0 Å². The summed E-state index contributed by atoms with van der Waals surface area (Å²) in [5.41, 5.74) is 5.42. The summed E-state index contributed by atoms with van der Waals surface area (Å²) in [7, 11) is 0. The van der Waals surface area contributed by atoms with Crippen molar-refractivity contribution in [1.29, 1.82) is 0 Å². The van der Waals surface area contributed by atoms with Crippen molar-refractivity contribution in [1.82, 2.24) is 15.6 Å². The van der Waals surface area contributed by atoms with Crippen molar-refractivity contribution in [3.05, 3.63) is 5.69 Å². The minimum atomic E-state index is -0.364. The number of nitrogen functional groups attached to an aromatic ring is 1. The molecule has 1 aliphatic rings. The maximum absolute atomic E-state index is 11.5. The molecule has 1 fully saturated rings. The Labute approximate surface area is 92.3 Å². The standard InChI is InChI=1S/C9H14N4O3/c10-8-7(12-16-13-8)9(14)11-4-3-6-2-1-5-15-6/h6H,1-5H2,(H2,10,13)(H,11,14). The third kappa shape index (κ3) is 2.48. The summed E-state index contributed by atoms with van der Waals surface area (Å²) in [6.45, 7) is 1.36. The van der Waals surface area contributed by atoms with Crippen LogP contribution in [0, 0.1) is 0 Å². The van der Waals surface area contributed by atoms with Crippen molar-refractivity contribution >= 4 is 11.7 Å². The van der Waals surface area contributed by atoms with Gasteiger partial charge in [0.05, 0.1) is 6.10 Å². The predicted molar refractivity (Wildman–Crippen MR) is 54.6 cm³/mol. The first-order chi connectivity index (χ1) is 7.77. The fourth-order valence-corrected chi connectivity index (χ4v) is 1.66. The normalized spacial score (nSPS) is 19.9. The number of hydrogen-bond acceptors (Lipinski definition) is 6. The van der Waals surface area contributed by atoms with Gasteiger partial charge >= 0.3 is 0 Å². The number of nitrogens with one attached hydrogen (secondary N) is 1. The Morgan fingerprint density at radius 1 is 1.56 bits per heavy atom. The first-order valence-corrected chi connectivity index (χ1v) is 5.25. The minimum absolute atomic E-state index is 0.00890. The van der Waals surface area contributed by atoms with Crippen molar-refractivity contribution in [2.75, 3.05) is 18.9 Å². The molecule has 2 rings (SSSR count). The van der Waals surface area contributed by atoms with Crippen LogP contribution < -0.4 is 11.1 Å². The number of nitrogens with zero attached hydrogens (tertiary/aromatic N) is 2. The van der Waals surface area contributed by atoms with Crippen molar-refractivity contribution in [2.45, 2.75) is 25.4 Å². The molecule has 1 atom stereocenters. The van der Waals surface area contributed by atoms with Gasteiger partial charge in [0.25, 0.3) is 5.91 Å². The highest BCUT2D eigenvalue weighted by molar-refractivity contribution is 5.95. The van der Waals surface area contributed by atoms with Gasteiger partial charge in [-0.15, -0.1) is 0 Å². The molecule has 0 aliphatic carbocycles. The highest BCUT2D eigenvalue weighted by Crippen LogP contribution is 2.14. The number of rotatable bonds is 4. The average molecular weight is 226 g/mol.